The Bertz CT molecular complexity index is 753. The normalized spacial score (nSPS) is 19.2. The van der Waals surface area contributed by atoms with Gasteiger partial charge in [-0.2, -0.15) is 0 Å². The number of carbonyl (C=O) groups is 2. The largest absolute Gasteiger partial charge is 0.459 e. The molecular formula is C16H17FN2O3. The Morgan fingerprint density at radius 3 is 2.95 bits per heavy atom. The van der Waals surface area contributed by atoms with Crippen LogP contribution in [-0.4, -0.2) is 17.9 Å². The highest BCUT2D eigenvalue weighted by Crippen LogP contribution is 2.30. The monoisotopic (exact) mass is 304 g/mol. The van der Waals surface area contributed by atoms with E-state index >= 15 is 0 Å². The molecule has 22 heavy (non-hydrogen) atoms. The molecule has 0 radical (unpaired) electrons. The van der Waals surface area contributed by atoms with Crippen molar-refractivity contribution in [3.05, 3.63) is 35.3 Å². The number of fused-ring (bicyclic) bond motifs is 1. The fourth-order valence-electron chi connectivity index (χ4n) is 2.82. The molecular weight excluding hydrogens is 287 g/mol. The van der Waals surface area contributed by atoms with Gasteiger partial charge in [-0.3, -0.25) is 9.59 Å². The maximum absolute atomic E-state index is 13.3. The molecule has 2 heterocycles. The number of nitrogens with one attached hydrogen (secondary N) is 2. The Morgan fingerprint density at radius 1 is 1.50 bits per heavy atom. The first-order valence-electron chi connectivity index (χ1n) is 7.24. The lowest BCUT2D eigenvalue weighted by Crippen LogP contribution is -2.42. The van der Waals surface area contributed by atoms with Gasteiger partial charge in [-0.15, -0.1) is 0 Å². The zero-order valence-corrected chi connectivity index (χ0v) is 12.4. The van der Waals surface area contributed by atoms with E-state index in [-0.39, 0.29) is 23.7 Å². The molecule has 5 nitrogen and oxygen atoms in total. The fraction of sp³-hybridized carbons (Fsp3) is 0.375. The van der Waals surface area contributed by atoms with E-state index in [4.69, 9.17) is 4.42 Å². The van der Waals surface area contributed by atoms with Crippen molar-refractivity contribution in [3.8, 4) is 0 Å². The van der Waals surface area contributed by atoms with Gasteiger partial charge >= 0.3 is 0 Å². The number of rotatable bonds is 3. The zero-order chi connectivity index (χ0) is 15.9. The first-order chi connectivity index (χ1) is 10.5. The number of benzene rings is 1. The maximum atomic E-state index is 13.3. The van der Waals surface area contributed by atoms with Crippen molar-refractivity contribution in [1.29, 1.82) is 0 Å². The third kappa shape index (κ3) is 2.56. The van der Waals surface area contributed by atoms with Crippen molar-refractivity contribution in [3.63, 3.8) is 0 Å². The van der Waals surface area contributed by atoms with Crippen LogP contribution in [0.15, 0.2) is 22.6 Å². The average Bonchev–Trinajstić information content (AvgIpc) is 3.04. The molecule has 2 aromatic rings. The molecule has 2 N–H and O–H groups in total. The van der Waals surface area contributed by atoms with Crippen LogP contribution in [0.3, 0.4) is 0 Å². The van der Waals surface area contributed by atoms with Crippen LogP contribution in [0.4, 0.5) is 4.39 Å². The second kappa shape index (κ2) is 5.44. The van der Waals surface area contributed by atoms with Gasteiger partial charge in [0.25, 0.3) is 0 Å². The van der Waals surface area contributed by atoms with Crippen molar-refractivity contribution >= 4 is 22.8 Å². The van der Waals surface area contributed by atoms with E-state index in [9.17, 15) is 14.0 Å². The van der Waals surface area contributed by atoms with Crippen LogP contribution in [0.1, 0.15) is 37.1 Å². The second-order valence-corrected chi connectivity index (χ2v) is 5.62. The van der Waals surface area contributed by atoms with Gasteiger partial charge < -0.3 is 15.1 Å². The number of aryl methyl sites for hydroxylation is 1. The van der Waals surface area contributed by atoms with Crippen LogP contribution in [-0.2, 0) is 9.59 Å². The van der Waals surface area contributed by atoms with Crippen molar-refractivity contribution < 1.29 is 18.4 Å². The lowest BCUT2D eigenvalue weighted by Gasteiger charge is -2.16. The van der Waals surface area contributed by atoms with E-state index in [2.05, 4.69) is 10.6 Å². The molecule has 1 aliphatic heterocycles. The standard InChI is InChI=1S/C16H17FN2O3/c1-8-11-7-10(17)3-5-13(11)22-15(8)9(2)18-16(21)12-4-6-14(20)19-12/h3,5,7,9,12H,4,6H2,1-2H3,(H,18,21)(H,19,20)/t9-,12-/m1/s1. The van der Waals surface area contributed by atoms with Crippen molar-refractivity contribution in [1.82, 2.24) is 10.6 Å². The van der Waals surface area contributed by atoms with Gasteiger partial charge in [0.2, 0.25) is 11.8 Å². The third-order valence-electron chi connectivity index (χ3n) is 4.00. The molecule has 1 fully saturated rings. The average molecular weight is 304 g/mol. The van der Waals surface area contributed by atoms with E-state index in [1.807, 2.05) is 6.92 Å². The molecule has 1 saturated heterocycles. The van der Waals surface area contributed by atoms with Gasteiger partial charge in [-0.05, 0) is 38.5 Å². The Balaban J connectivity index is 1.80. The Kier molecular flexibility index (Phi) is 3.60. The van der Waals surface area contributed by atoms with Gasteiger partial charge in [0.1, 0.15) is 23.2 Å². The molecule has 1 aromatic carbocycles. The molecule has 2 amide bonds. The van der Waals surface area contributed by atoms with E-state index in [1.165, 1.54) is 12.1 Å². The maximum Gasteiger partial charge on any atom is 0.243 e. The number of halogens is 1. The fourth-order valence-corrected chi connectivity index (χ4v) is 2.82. The van der Waals surface area contributed by atoms with E-state index in [0.717, 1.165) is 5.56 Å². The third-order valence-corrected chi connectivity index (χ3v) is 4.00. The summed E-state index contributed by atoms with van der Waals surface area (Å²) in [5.74, 6) is -0.0702. The number of amides is 2. The summed E-state index contributed by atoms with van der Waals surface area (Å²) in [6.45, 7) is 3.64. The molecule has 0 spiro atoms. The highest BCUT2D eigenvalue weighted by atomic mass is 19.1. The van der Waals surface area contributed by atoms with Crippen molar-refractivity contribution in [2.45, 2.75) is 38.8 Å². The van der Waals surface area contributed by atoms with Gasteiger partial charge in [0.05, 0.1) is 6.04 Å². The highest BCUT2D eigenvalue weighted by molar-refractivity contribution is 5.91. The SMILES string of the molecule is Cc1c([C@@H](C)NC(=O)[C@H]2CCC(=O)N2)oc2ccc(F)cc12. The molecule has 2 atom stereocenters. The summed E-state index contributed by atoms with van der Waals surface area (Å²) in [5, 5.41) is 6.16. The lowest BCUT2D eigenvalue weighted by molar-refractivity contribution is -0.126. The van der Waals surface area contributed by atoms with E-state index in [1.54, 1.807) is 13.0 Å². The summed E-state index contributed by atoms with van der Waals surface area (Å²) in [4.78, 5) is 23.3. The Hall–Kier alpha value is -2.37. The summed E-state index contributed by atoms with van der Waals surface area (Å²) >= 11 is 0. The highest BCUT2D eigenvalue weighted by Gasteiger charge is 2.29. The number of furan rings is 1. The van der Waals surface area contributed by atoms with Crippen LogP contribution >= 0.6 is 0 Å². The molecule has 3 rings (SSSR count). The second-order valence-electron chi connectivity index (χ2n) is 5.62. The van der Waals surface area contributed by atoms with E-state index < -0.39 is 6.04 Å². The smallest absolute Gasteiger partial charge is 0.243 e. The molecule has 116 valence electrons. The van der Waals surface area contributed by atoms with Crippen LogP contribution in [0.2, 0.25) is 0 Å². The molecule has 1 aromatic heterocycles. The Morgan fingerprint density at radius 2 is 2.27 bits per heavy atom. The van der Waals surface area contributed by atoms with Crippen LogP contribution in [0.5, 0.6) is 0 Å². The molecule has 0 unspecified atom stereocenters. The minimum absolute atomic E-state index is 0.108. The topological polar surface area (TPSA) is 71.3 Å². The van der Waals surface area contributed by atoms with Crippen molar-refractivity contribution in [2.24, 2.45) is 0 Å². The molecule has 6 heteroatoms. The summed E-state index contributed by atoms with van der Waals surface area (Å²) in [6, 6.07) is 3.49. The first kappa shape index (κ1) is 14.6. The van der Waals surface area contributed by atoms with Crippen LogP contribution < -0.4 is 10.6 Å². The van der Waals surface area contributed by atoms with Crippen LogP contribution in [0.25, 0.3) is 11.0 Å². The lowest BCUT2D eigenvalue weighted by atomic mass is 10.1. The Labute approximate surface area is 126 Å². The first-order valence-corrected chi connectivity index (χ1v) is 7.24. The molecule has 0 bridgehead atoms. The number of hydrogen-bond donors (Lipinski definition) is 2. The van der Waals surface area contributed by atoms with Gasteiger partial charge in [0.15, 0.2) is 0 Å². The summed E-state index contributed by atoms with van der Waals surface area (Å²) in [6.07, 6.45) is 0.872. The summed E-state index contributed by atoms with van der Waals surface area (Å²) in [7, 11) is 0. The predicted octanol–water partition coefficient (Wildman–Crippen LogP) is 2.34. The van der Waals surface area contributed by atoms with Crippen LogP contribution in [0, 0.1) is 12.7 Å². The molecule has 0 aliphatic carbocycles. The number of hydrogen-bond acceptors (Lipinski definition) is 3. The summed E-state index contributed by atoms with van der Waals surface area (Å²) < 4.78 is 19.1. The zero-order valence-electron chi connectivity index (χ0n) is 12.4. The quantitative estimate of drug-likeness (QED) is 0.914. The van der Waals surface area contributed by atoms with Gasteiger partial charge in [-0.1, -0.05) is 0 Å². The van der Waals surface area contributed by atoms with Gasteiger partial charge in [-0.25, -0.2) is 4.39 Å². The molecule has 0 saturated carbocycles. The minimum atomic E-state index is -0.489. The summed E-state index contributed by atoms with van der Waals surface area (Å²) in [5.41, 5.74) is 1.39. The predicted molar refractivity (Wildman–Crippen MR) is 78.6 cm³/mol. The minimum Gasteiger partial charge on any atom is -0.459 e. The molecule has 1 aliphatic rings. The van der Waals surface area contributed by atoms with Crippen molar-refractivity contribution in [2.75, 3.05) is 0 Å². The number of carbonyl (C=O) groups excluding carboxylic acids is 2. The van der Waals surface area contributed by atoms with E-state index in [0.29, 0.717) is 29.6 Å². The van der Waals surface area contributed by atoms with Gasteiger partial charge in [0, 0.05) is 17.4 Å².